The largest absolute Gasteiger partial charge is 0.508 e. The van der Waals surface area contributed by atoms with Gasteiger partial charge in [-0.2, -0.15) is 0 Å². The van der Waals surface area contributed by atoms with Crippen LogP contribution in [-0.4, -0.2) is 23.5 Å². The molecule has 0 aromatic heterocycles. The summed E-state index contributed by atoms with van der Waals surface area (Å²) in [5.41, 5.74) is 1.90. The molecular formula is C21H30N2O3. The second-order valence-electron chi connectivity index (χ2n) is 6.93. The van der Waals surface area contributed by atoms with Crippen molar-refractivity contribution in [1.29, 1.82) is 0 Å². The molecule has 2 amide bonds. The van der Waals surface area contributed by atoms with Crippen LogP contribution >= 0.6 is 0 Å². The average Bonchev–Trinajstić information content (AvgIpc) is 2.54. The van der Waals surface area contributed by atoms with Crippen LogP contribution in [0, 0.1) is 0 Å². The summed E-state index contributed by atoms with van der Waals surface area (Å²) in [6.07, 6.45) is 6.11. The third kappa shape index (κ3) is 6.75. The molecule has 1 unspecified atom stereocenters. The molecule has 0 fully saturated rings. The minimum atomic E-state index is -1.21. The number of benzene rings is 1. The van der Waals surface area contributed by atoms with Gasteiger partial charge in [0.05, 0.1) is 0 Å². The fourth-order valence-electron chi connectivity index (χ4n) is 2.59. The number of aromatic hydroxyl groups is 1. The van der Waals surface area contributed by atoms with Crippen LogP contribution < -0.4 is 10.6 Å². The predicted octanol–water partition coefficient (Wildman–Crippen LogP) is 3.55. The summed E-state index contributed by atoms with van der Waals surface area (Å²) in [5.74, 6) is -0.495. The third-order valence-corrected chi connectivity index (χ3v) is 4.13. The molecule has 1 atom stereocenters. The molecule has 5 nitrogen and oxygen atoms in total. The maximum atomic E-state index is 12.7. The summed E-state index contributed by atoms with van der Waals surface area (Å²) >= 11 is 0. The van der Waals surface area contributed by atoms with Crippen LogP contribution in [0.4, 0.5) is 0 Å². The second-order valence-corrected chi connectivity index (χ2v) is 6.93. The van der Waals surface area contributed by atoms with Crippen molar-refractivity contribution >= 4 is 11.8 Å². The molecule has 3 N–H and O–H groups in total. The standard InChI is InChI=1S/C21H30N2O3/c1-15(2)7-6-8-16(3)13-14-22-20(26)21(5,23-17(4)24)18-9-11-19(25)12-10-18/h7,9-13,25H,6,8,14H2,1-5H3,(H,22,26)(H,23,24)/b16-13+. The first-order chi connectivity index (χ1) is 12.1. The van der Waals surface area contributed by atoms with E-state index >= 15 is 0 Å². The van der Waals surface area contributed by atoms with E-state index in [1.165, 1.54) is 30.2 Å². The van der Waals surface area contributed by atoms with E-state index in [1.807, 2.05) is 13.0 Å². The Morgan fingerprint density at radius 2 is 1.69 bits per heavy atom. The van der Waals surface area contributed by atoms with E-state index in [1.54, 1.807) is 19.1 Å². The number of carbonyl (C=O) groups excluding carboxylic acids is 2. The van der Waals surface area contributed by atoms with Crippen molar-refractivity contribution in [3.05, 3.63) is 53.1 Å². The van der Waals surface area contributed by atoms with E-state index in [4.69, 9.17) is 0 Å². The second kappa shape index (κ2) is 9.80. The average molecular weight is 358 g/mol. The van der Waals surface area contributed by atoms with Crippen molar-refractivity contribution in [3.63, 3.8) is 0 Å². The van der Waals surface area contributed by atoms with Crippen molar-refractivity contribution in [2.24, 2.45) is 0 Å². The lowest BCUT2D eigenvalue weighted by Crippen LogP contribution is -2.53. The molecule has 26 heavy (non-hydrogen) atoms. The molecule has 1 aromatic rings. The lowest BCUT2D eigenvalue weighted by molar-refractivity contribution is -0.132. The van der Waals surface area contributed by atoms with Crippen LogP contribution in [0.2, 0.25) is 0 Å². The number of rotatable bonds is 8. The molecule has 0 spiro atoms. The molecule has 0 saturated carbocycles. The van der Waals surface area contributed by atoms with Crippen LogP contribution in [-0.2, 0) is 15.1 Å². The first-order valence-corrected chi connectivity index (χ1v) is 8.80. The summed E-state index contributed by atoms with van der Waals surface area (Å²) in [7, 11) is 0. The number of allylic oxidation sites excluding steroid dienone is 3. The molecule has 0 bridgehead atoms. The minimum absolute atomic E-state index is 0.106. The zero-order chi connectivity index (χ0) is 19.7. The van der Waals surface area contributed by atoms with Gasteiger partial charge in [0, 0.05) is 13.5 Å². The summed E-state index contributed by atoms with van der Waals surface area (Å²) in [6, 6.07) is 6.25. The van der Waals surface area contributed by atoms with Crippen molar-refractivity contribution in [2.45, 2.75) is 53.0 Å². The van der Waals surface area contributed by atoms with Gasteiger partial charge in [-0.3, -0.25) is 9.59 Å². The molecule has 0 heterocycles. The zero-order valence-electron chi connectivity index (χ0n) is 16.3. The van der Waals surface area contributed by atoms with Crippen LogP contribution in [0.3, 0.4) is 0 Å². The smallest absolute Gasteiger partial charge is 0.250 e. The molecule has 0 aliphatic rings. The molecule has 1 aromatic carbocycles. The molecule has 0 aliphatic carbocycles. The quantitative estimate of drug-likeness (QED) is 0.622. The molecule has 0 aliphatic heterocycles. The van der Waals surface area contributed by atoms with Crippen molar-refractivity contribution < 1.29 is 14.7 Å². The van der Waals surface area contributed by atoms with Gasteiger partial charge >= 0.3 is 0 Å². The Balaban J connectivity index is 2.79. The zero-order valence-corrected chi connectivity index (χ0v) is 16.3. The molecule has 142 valence electrons. The molecule has 5 heteroatoms. The maximum Gasteiger partial charge on any atom is 0.250 e. The number of hydrogen-bond acceptors (Lipinski definition) is 3. The highest BCUT2D eigenvalue weighted by Gasteiger charge is 2.35. The Morgan fingerprint density at radius 1 is 1.08 bits per heavy atom. The predicted molar refractivity (Wildman–Crippen MR) is 105 cm³/mol. The van der Waals surface area contributed by atoms with Crippen molar-refractivity contribution in [1.82, 2.24) is 10.6 Å². The van der Waals surface area contributed by atoms with E-state index in [-0.39, 0.29) is 17.6 Å². The SMILES string of the molecule is CC(=O)NC(C)(C(=O)NC/C=C(\C)CCC=C(C)C)c1ccc(O)cc1. The van der Waals surface area contributed by atoms with Gasteiger partial charge in [-0.25, -0.2) is 0 Å². The molecule has 0 saturated heterocycles. The lowest BCUT2D eigenvalue weighted by atomic mass is 9.90. The van der Waals surface area contributed by atoms with E-state index < -0.39 is 5.54 Å². The van der Waals surface area contributed by atoms with Gasteiger partial charge < -0.3 is 15.7 Å². The Morgan fingerprint density at radius 3 is 2.23 bits per heavy atom. The highest BCUT2D eigenvalue weighted by Crippen LogP contribution is 2.23. The van der Waals surface area contributed by atoms with Crippen molar-refractivity contribution in [3.8, 4) is 5.75 Å². The Labute approximate surface area is 156 Å². The van der Waals surface area contributed by atoms with Crippen LogP contribution in [0.5, 0.6) is 5.75 Å². The first-order valence-electron chi connectivity index (χ1n) is 8.80. The number of amides is 2. The van der Waals surface area contributed by atoms with Crippen LogP contribution in [0.1, 0.15) is 53.0 Å². The maximum absolute atomic E-state index is 12.7. The van der Waals surface area contributed by atoms with Gasteiger partial charge in [0.15, 0.2) is 0 Å². The van der Waals surface area contributed by atoms with E-state index in [2.05, 4.69) is 30.6 Å². The normalized spacial score (nSPS) is 13.5. The minimum Gasteiger partial charge on any atom is -0.508 e. The lowest BCUT2D eigenvalue weighted by Gasteiger charge is -2.29. The van der Waals surface area contributed by atoms with Gasteiger partial charge in [-0.15, -0.1) is 0 Å². The highest BCUT2D eigenvalue weighted by atomic mass is 16.3. The third-order valence-electron chi connectivity index (χ3n) is 4.13. The number of carbonyl (C=O) groups is 2. The van der Waals surface area contributed by atoms with Gasteiger partial charge in [0.2, 0.25) is 11.8 Å². The summed E-state index contributed by atoms with van der Waals surface area (Å²) in [4.78, 5) is 24.3. The fraction of sp³-hybridized carbons (Fsp3) is 0.429. The van der Waals surface area contributed by atoms with E-state index in [0.29, 0.717) is 12.1 Å². The topological polar surface area (TPSA) is 78.4 Å². The van der Waals surface area contributed by atoms with E-state index in [9.17, 15) is 14.7 Å². The van der Waals surface area contributed by atoms with E-state index in [0.717, 1.165) is 12.8 Å². The number of phenolic OH excluding ortho intramolecular Hbond substituents is 1. The van der Waals surface area contributed by atoms with Crippen LogP contribution in [0.15, 0.2) is 47.6 Å². The summed E-state index contributed by atoms with van der Waals surface area (Å²) < 4.78 is 0. The highest BCUT2D eigenvalue weighted by molar-refractivity contribution is 5.91. The Bertz CT molecular complexity index is 686. The molecule has 0 radical (unpaired) electrons. The van der Waals surface area contributed by atoms with Gasteiger partial charge in [-0.1, -0.05) is 35.4 Å². The van der Waals surface area contributed by atoms with Crippen LogP contribution in [0.25, 0.3) is 0 Å². The monoisotopic (exact) mass is 358 g/mol. The summed E-state index contributed by atoms with van der Waals surface area (Å²) in [5, 5.41) is 15.0. The van der Waals surface area contributed by atoms with Gasteiger partial charge in [0.1, 0.15) is 11.3 Å². The Hall–Kier alpha value is -2.56. The molecular weight excluding hydrogens is 328 g/mol. The summed E-state index contributed by atoms with van der Waals surface area (Å²) in [6.45, 7) is 9.61. The fourth-order valence-corrected chi connectivity index (χ4v) is 2.59. The number of hydrogen-bond donors (Lipinski definition) is 3. The molecule has 1 rings (SSSR count). The Kier molecular flexibility index (Phi) is 8.10. The number of phenols is 1. The first kappa shape index (κ1) is 21.5. The van der Waals surface area contributed by atoms with Gasteiger partial charge in [0.25, 0.3) is 0 Å². The van der Waals surface area contributed by atoms with Crippen molar-refractivity contribution in [2.75, 3.05) is 6.54 Å². The van der Waals surface area contributed by atoms with Gasteiger partial charge in [-0.05, 0) is 58.2 Å². The number of nitrogens with one attached hydrogen (secondary N) is 2.